The third-order valence-corrected chi connectivity index (χ3v) is 3.31. The lowest BCUT2D eigenvalue weighted by molar-refractivity contribution is -0.0989. The Hall–Kier alpha value is -0.750. The maximum Gasteiger partial charge on any atom is 0.413 e. The van der Waals surface area contributed by atoms with Gasteiger partial charge in [-0.1, -0.05) is 46.4 Å². The Bertz CT molecular complexity index is 534. The number of nitrogens with one attached hydrogen (secondary N) is 1. The molecule has 0 fully saturated rings. The number of fused-ring (bicyclic) bond motifs is 1. The minimum atomic E-state index is -2.11. The quantitative estimate of drug-likeness (QED) is 0.813. The van der Waals surface area contributed by atoms with Crippen LogP contribution < -0.4 is 14.8 Å². The van der Waals surface area contributed by atoms with Gasteiger partial charge < -0.3 is 14.2 Å². The van der Waals surface area contributed by atoms with Crippen molar-refractivity contribution in [2.75, 3.05) is 6.61 Å². The molecule has 1 aliphatic heterocycles. The zero-order valence-electron chi connectivity index (χ0n) is 10.1. The minimum Gasteiger partial charge on any atom is -0.450 e. The molecule has 1 N–H and O–H groups in total. The van der Waals surface area contributed by atoms with E-state index in [1.807, 2.05) is 0 Å². The topological polar surface area (TPSA) is 56.8 Å². The van der Waals surface area contributed by atoms with Gasteiger partial charge in [0.1, 0.15) is 0 Å². The lowest BCUT2D eigenvalue weighted by Crippen LogP contribution is -2.63. The molecular formula is C11H9Cl4NO4. The summed E-state index contributed by atoms with van der Waals surface area (Å²) in [5.74, 6) is -1.52. The van der Waals surface area contributed by atoms with E-state index in [0.717, 1.165) is 0 Å². The summed E-state index contributed by atoms with van der Waals surface area (Å²) < 4.78 is 13.5. The lowest BCUT2D eigenvalue weighted by Gasteiger charge is -2.32. The SMILES string of the molecule is CCOC(=O)N[C@]1(C(Cl)(Cl)Cl)Oc2ccc(Cl)cc2O1. The Balaban J connectivity index is 2.31. The van der Waals surface area contributed by atoms with Gasteiger partial charge in [-0.25, -0.2) is 10.1 Å². The van der Waals surface area contributed by atoms with Crippen LogP contribution in [-0.4, -0.2) is 22.4 Å². The second-order valence-corrected chi connectivity index (χ2v) is 6.47. The minimum absolute atomic E-state index is 0.139. The number of carbonyl (C=O) groups excluding carboxylic acids is 1. The average molecular weight is 361 g/mol. The highest BCUT2D eigenvalue weighted by atomic mass is 35.6. The molecule has 0 radical (unpaired) electrons. The van der Waals surface area contributed by atoms with Gasteiger partial charge in [-0.05, 0) is 19.1 Å². The molecule has 0 spiro atoms. The summed E-state index contributed by atoms with van der Waals surface area (Å²) in [6.07, 6.45) is -0.849. The molecule has 0 bridgehead atoms. The number of carbonyl (C=O) groups is 1. The van der Waals surface area contributed by atoms with Gasteiger partial charge >= 0.3 is 12.0 Å². The first kappa shape index (κ1) is 15.6. The van der Waals surface area contributed by atoms with Crippen molar-refractivity contribution in [3.8, 4) is 11.5 Å². The summed E-state index contributed by atoms with van der Waals surface area (Å²) in [6.45, 7) is 1.77. The number of amides is 1. The van der Waals surface area contributed by atoms with Crippen molar-refractivity contribution in [3.63, 3.8) is 0 Å². The van der Waals surface area contributed by atoms with Crippen LogP contribution in [0, 0.1) is 0 Å². The molecule has 0 unspecified atom stereocenters. The Morgan fingerprint density at radius 3 is 2.60 bits per heavy atom. The van der Waals surface area contributed by atoms with E-state index in [-0.39, 0.29) is 18.1 Å². The molecule has 5 nitrogen and oxygen atoms in total. The van der Waals surface area contributed by atoms with Crippen molar-refractivity contribution in [1.82, 2.24) is 5.32 Å². The van der Waals surface area contributed by atoms with Crippen molar-refractivity contribution in [1.29, 1.82) is 0 Å². The van der Waals surface area contributed by atoms with Gasteiger partial charge in [0.2, 0.25) is 0 Å². The summed E-state index contributed by atoms with van der Waals surface area (Å²) in [7, 11) is 0. The Morgan fingerprint density at radius 1 is 1.35 bits per heavy atom. The number of rotatable bonds is 2. The highest BCUT2D eigenvalue weighted by Crippen LogP contribution is 2.49. The third kappa shape index (κ3) is 2.96. The first-order valence-electron chi connectivity index (χ1n) is 5.46. The molecule has 2 rings (SSSR count). The van der Waals surface area contributed by atoms with Gasteiger partial charge in [0.25, 0.3) is 3.79 Å². The molecule has 1 heterocycles. The van der Waals surface area contributed by atoms with E-state index in [4.69, 9.17) is 60.6 Å². The summed E-state index contributed by atoms with van der Waals surface area (Å²) >= 11 is 23.4. The van der Waals surface area contributed by atoms with Crippen molar-refractivity contribution in [3.05, 3.63) is 23.2 Å². The van der Waals surface area contributed by atoms with E-state index in [0.29, 0.717) is 5.02 Å². The van der Waals surface area contributed by atoms with Crippen LogP contribution in [0.25, 0.3) is 0 Å². The van der Waals surface area contributed by atoms with Crippen LogP contribution in [-0.2, 0) is 4.74 Å². The number of alkyl carbamates (subject to hydrolysis) is 1. The number of halogens is 4. The predicted molar refractivity (Wildman–Crippen MR) is 75.9 cm³/mol. The second-order valence-electron chi connectivity index (χ2n) is 3.75. The summed E-state index contributed by atoms with van der Waals surface area (Å²) in [4.78, 5) is 11.6. The second kappa shape index (κ2) is 5.56. The molecule has 110 valence electrons. The van der Waals surface area contributed by atoms with Gasteiger partial charge in [-0.15, -0.1) is 0 Å². The molecule has 1 aromatic carbocycles. The van der Waals surface area contributed by atoms with Crippen LogP contribution in [0.1, 0.15) is 6.92 Å². The predicted octanol–water partition coefficient (Wildman–Crippen LogP) is 3.88. The molecule has 1 atom stereocenters. The van der Waals surface area contributed by atoms with Gasteiger partial charge in [0, 0.05) is 11.1 Å². The molecule has 0 saturated carbocycles. The third-order valence-electron chi connectivity index (χ3n) is 2.33. The molecule has 1 aliphatic rings. The fourth-order valence-corrected chi connectivity index (χ4v) is 2.05. The van der Waals surface area contributed by atoms with E-state index in [2.05, 4.69) is 5.32 Å². The number of alkyl halides is 3. The molecule has 1 aromatic rings. The first-order valence-corrected chi connectivity index (χ1v) is 6.98. The molecule has 0 aromatic heterocycles. The number of ether oxygens (including phenoxy) is 3. The van der Waals surface area contributed by atoms with E-state index in [9.17, 15) is 4.79 Å². The van der Waals surface area contributed by atoms with Crippen molar-refractivity contribution >= 4 is 52.5 Å². The zero-order chi connectivity index (χ0) is 15.0. The highest BCUT2D eigenvalue weighted by molar-refractivity contribution is 6.68. The normalized spacial score (nSPS) is 20.6. The van der Waals surface area contributed by atoms with E-state index in [1.54, 1.807) is 13.0 Å². The molecular weight excluding hydrogens is 352 g/mol. The molecule has 0 aliphatic carbocycles. The zero-order valence-corrected chi connectivity index (χ0v) is 13.1. The number of benzene rings is 1. The van der Waals surface area contributed by atoms with Crippen LogP contribution >= 0.6 is 46.4 Å². The fraction of sp³-hybridized carbons (Fsp3) is 0.364. The van der Waals surface area contributed by atoms with Crippen molar-refractivity contribution in [2.24, 2.45) is 0 Å². The maximum atomic E-state index is 11.6. The lowest BCUT2D eigenvalue weighted by atomic mass is 10.3. The van der Waals surface area contributed by atoms with Crippen molar-refractivity contribution < 1.29 is 19.0 Å². The highest BCUT2D eigenvalue weighted by Gasteiger charge is 2.60. The summed E-state index contributed by atoms with van der Waals surface area (Å²) in [5.41, 5.74) is 0. The average Bonchev–Trinajstić information content (AvgIpc) is 2.67. The van der Waals surface area contributed by atoms with Gasteiger partial charge in [0.15, 0.2) is 11.5 Å². The fourth-order valence-electron chi connectivity index (χ4n) is 1.52. The van der Waals surface area contributed by atoms with Gasteiger partial charge in [0.05, 0.1) is 6.61 Å². The van der Waals surface area contributed by atoms with Crippen LogP contribution in [0.5, 0.6) is 11.5 Å². The van der Waals surface area contributed by atoms with E-state index >= 15 is 0 Å². The molecule has 20 heavy (non-hydrogen) atoms. The Morgan fingerprint density at radius 2 is 2.00 bits per heavy atom. The van der Waals surface area contributed by atoms with E-state index in [1.165, 1.54) is 12.1 Å². The molecule has 1 amide bonds. The smallest absolute Gasteiger partial charge is 0.413 e. The van der Waals surface area contributed by atoms with Crippen LogP contribution in [0.3, 0.4) is 0 Å². The van der Waals surface area contributed by atoms with Crippen LogP contribution in [0.15, 0.2) is 18.2 Å². The Kier molecular flexibility index (Phi) is 4.35. The molecule has 0 saturated heterocycles. The monoisotopic (exact) mass is 359 g/mol. The van der Waals surface area contributed by atoms with Gasteiger partial charge in [-0.2, -0.15) is 0 Å². The van der Waals surface area contributed by atoms with Gasteiger partial charge in [-0.3, -0.25) is 0 Å². The molecule has 9 heteroatoms. The standard InChI is InChI=1S/C11H9Cl4NO4/c1-2-18-9(17)16-11(10(13,14)15)19-7-4-3-6(12)5-8(7)20-11/h3-5H,2H2,1H3,(H,16,17)/t11-/m1/s1. The van der Waals surface area contributed by atoms with Crippen molar-refractivity contribution in [2.45, 2.75) is 16.6 Å². The summed E-state index contributed by atoms with van der Waals surface area (Å²) in [6, 6.07) is 4.58. The largest absolute Gasteiger partial charge is 0.450 e. The maximum absolute atomic E-state index is 11.6. The van der Waals surface area contributed by atoms with Crippen LogP contribution in [0.4, 0.5) is 4.79 Å². The number of hydrogen-bond donors (Lipinski definition) is 1. The Labute approximate surface area is 135 Å². The first-order chi connectivity index (χ1) is 9.27. The van der Waals surface area contributed by atoms with E-state index < -0.39 is 15.8 Å². The summed E-state index contributed by atoms with van der Waals surface area (Å²) in [5, 5.41) is 2.66. The number of hydrogen-bond acceptors (Lipinski definition) is 4. The van der Waals surface area contributed by atoms with Crippen LogP contribution in [0.2, 0.25) is 5.02 Å².